The minimum absolute atomic E-state index is 0.137. The van der Waals surface area contributed by atoms with Crippen molar-refractivity contribution < 1.29 is 14.3 Å². The molecule has 0 unspecified atom stereocenters. The lowest BCUT2D eigenvalue weighted by molar-refractivity contribution is -0.136. The summed E-state index contributed by atoms with van der Waals surface area (Å²) in [6, 6.07) is 6.08. The number of fused-ring (bicyclic) bond motifs is 1. The smallest absolute Gasteiger partial charge is 0.312 e. The van der Waals surface area contributed by atoms with Crippen molar-refractivity contribution in [3.05, 3.63) is 35.2 Å². The summed E-state index contributed by atoms with van der Waals surface area (Å²) < 4.78 is 5.34. The maximum absolute atomic E-state index is 10.5. The van der Waals surface area contributed by atoms with Crippen molar-refractivity contribution in [3.8, 4) is 11.5 Å². The highest BCUT2D eigenvalue weighted by Crippen LogP contribution is 2.27. The quantitative estimate of drug-likeness (QED) is 0.891. The van der Waals surface area contributed by atoms with Gasteiger partial charge in [0.1, 0.15) is 6.42 Å². The molecule has 5 nitrogen and oxygen atoms in total. The summed E-state index contributed by atoms with van der Waals surface area (Å²) in [4.78, 5) is 10.5. The Balaban J connectivity index is 1.90. The van der Waals surface area contributed by atoms with Crippen LogP contribution < -0.4 is 0 Å². The molecule has 1 heterocycles. The fourth-order valence-electron chi connectivity index (χ4n) is 2.28. The Labute approximate surface area is 103 Å². The zero-order valence-corrected chi connectivity index (χ0v) is 9.72. The molecule has 3 rings (SSSR count). The topological polar surface area (TPSA) is 76.2 Å². The van der Waals surface area contributed by atoms with E-state index in [1.165, 1.54) is 17.5 Å². The van der Waals surface area contributed by atoms with Crippen molar-refractivity contribution in [2.75, 3.05) is 0 Å². The molecule has 1 aromatic carbocycles. The molecule has 0 atom stereocenters. The van der Waals surface area contributed by atoms with E-state index in [-0.39, 0.29) is 12.3 Å². The summed E-state index contributed by atoms with van der Waals surface area (Å²) >= 11 is 0. The van der Waals surface area contributed by atoms with Gasteiger partial charge in [0.15, 0.2) is 0 Å². The van der Waals surface area contributed by atoms with Crippen LogP contribution in [0.15, 0.2) is 22.6 Å². The minimum Gasteiger partial charge on any atom is -0.481 e. The number of aliphatic carboxylic acids is 1. The van der Waals surface area contributed by atoms with Crippen molar-refractivity contribution in [1.29, 1.82) is 0 Å². The molecule has 1 aromatic heterocycles. The number of carbonyl (C=O) groups is 1. The third-order valence-corrected chi connectivity index (χ3v) is 3.11. The Hall–Kier alpha value is -2.17. The monoisotopic (exact) mass is 244 g/mol. The van der Waals surface area contributed by atoms with Crippen LogP contribution >= 0.6 is 0 Å². The van der Waals surface area contributed by atoms with Gasteiger partial charge in [-0.15, -0.1) is 10.2 Å². The number of aryl methyl sites for hydroxylation is 2. The van der Waals surface area contributed by atoms with Crippen LogP contribution in [0, 0.1) is 0 Å². The Bertz CT molecular complexity index is 604. The van der Waals surface area contributed by atoms with Crippen LogP contribution in [0.25, 0.3) is 11.5 Å². The first-order chi connectivity index (χ1) is 8.72. The summed E-state index contributed by atoms with van der Waals surface area (Å²) in [6.45, 7) is 0. The molecule has 0 amide bonds. The third kappa shape index (κ3) is 1.99. The van der Waals surface area contributed by atoms with Crippen LogP contribution in [-0.2, 0) is 24.1 Å². The molecule has 0 spiro atoms. The van der Waals surface area contributed by atoms with E-state index < -0.39 is 5.97 Å². The van der Waals surface area contributed by atoms with Crippen molar-refractivity contribution in [2.24, 2.45) is 0 Å². The second-order valence-corrected chi connectivity index (χ2v) is 4.41. The lowest BCUT2D eigenvalue weighted by Gasteiger charge is -2.00. The maximum atomic E-state index is 10.5. The largest absolute Gasteiger partial charge is 0.481 e. The minimum atomic E-state index is -0.973. The highest BCUT2D eigenvalue weighted by atomic mass is 16.4. The molecule has 5 heteroatoms. The number of rotatable bonds is 3. The van der Waals surface area contributed by atoms with E-state index in [2.05, 4.69) is 22.3 Å². The molecule has 0 saturated carbocycles. The Kier molecular flexibility index (Phi) is 2.59. The molecule has 0 aliphatic heterocycles. The molecule has 0 radical (unpaired) electrons. The summed E-state index contributed by atoms with van der Waals surface area (Å²) in [5.74, 6) is -0.446. The van der Waals surface area contributed by atoms with Gasteiger partial charge in [0.25, 0.3) is 0 Å². The second-order valence-electron chi connectivity index (χ2n) is 4.41. The molecule has 18 heavy (non-hydrogen) atoms. The zero-order chi connectivity index (χ0) is 12.5. The lowest BCUT2D eigenvalue weighted by Crippen LogP contribution is -1.99. The van der Waals surface area contributed by atoms with E-state index in [0.29, 0.717) is 5.89 Å². The van der Waals surface area contributed by atoms with Crippen LogP contribution in [0.4, 0.5) is 0 Å². The van der Waals surface area contributed by atoms with Crippen LogP contribution in [-0.4, -0.2) is 21.3 Å². The number of nitrogens with zero attached hydrogens (tertiary/aromatic N) is 2. The molecule has 0 saturated heterocycles. The summed E-state index contributed by atoms with van der Waals surface area (Å²) in [6.07, 6.45) is 3.16. The first-order valence-corrected chi connectivity index (χ1v) is 5.89. The first kappa shape index (κ1) is 11.0. The molecular weight excluding hydrogens is 232 g/mol. The maximum Gasteiger partial charge on any atom is 0.312 e. The summed E-state index contributed by atoms with van der Waals surface area (Å²) in [5.41, 5.74) is 3.56. The van der Waals surface area contributed by atoms with Crippen LogP contribution in [0.5, 0.6) is 0 Å². The number of carboxylic acid groups (broad SMARTS) is 1. The Morgan fingerprint density at radius 1 is 1.28 bits per heavy atom. The number of aromatic nitrogens is 2. The van der Waals surface area contributed by atoms with E-state index in [0.717, 1.165) is 18.4 Å². The van der Waals surface area contributed by atoms with Gasteiger partial charge in [0.05, 0.1) is 0 Å². The van der Waals surface area contributed by atoms with Crippen molar-refractivity contribution >= 4 is 5.97 Å². The normalized spacial score (nSPS) is 13.6. The fraction of sp³-hybridized carbons (Fsp3) is 0.308. The number of hydrogen-bond donors (Lipinski definition) is 1. The first-order valence-electron chi connectivity index (χ1n) is 5.89. The van der Waals surface area contributed by atoms with Crippen LogP contribution in [0.1, 0.15) is 23.4 Å². The molecule has 1 aliphatic carbocycles. The van der Waals surface area contributed by atoms with Gasteiger partial charge in [-0.25, -0.2) is 0 Å². The average Bonchev–Trinajstić information content (AvgIpc) is 2.95. The SMILES string of the molecule is O=C(O)Cc1nnc(-c2ccc3c(c2)CCC3)o1. The molecule has 1 N–H and O–H groups in total. The highest BCUT2D eigenvalue weighted by Gasteiger charge is 2.15. The molecule has 0 bridgehead atoms. The van der Waals surface area contributed by atoms with E-state index in [4.69, 9.17) is 9.52 Å². The van der Waals surface area contributed by atoms with Crippen molar-refractivity contribution in [2.45, 2.75) is 25.7 Å². The van der Waals surface area contributed by atoms with E-state index in [9.17, 15) is 4.79 Å². The molecule has 2 aromatic rings. The Morgan fingerprint density at radius 2 is 2.11 bits per heavy atom. The summed E-state index contributed by atoms with van der Waals surface area (Å²) in [5, 5.41) is 16.3. The van der Waals surface area contributed by atoms with Gasteiger partial charge in [0, 0.05) is 5.56 Å². The van der Waals surface area contributed by atoms with Gasteiger partial charge in [0.2, 0.25) is 11.8 Å². The summed E-state index contributed by atoms with van der Waals surface area (Å²) in [7, 11) is 0. The average molecular weight is 244 g/mol. The molecule has 92 valence electrons. The fourth-order valence-corrected chi connectivity index (χ4v) is 2.28. The second kappa shape index (κ2) is 4.25. The number of carboxylic acids is 1. The van der Waals surface area contributed by atoms with E-state index >= 15 is 0 Å². The standard InChI is InChI=1S/C13H12N2O3/c16-12(17)7-11-14-15-13(18-11)10-5-4-8-2-1-3-9(8)6-10/h4-6H,1-3,7H2,(H,16,17). The predicted octanol–water partition coefficient (Wildman–Crippen LogP) is 1.85. The van der Waals surface area contributed by atoms with Gasteiger partial charge < -0.3 is 9.52 Å². The Morgan fingerprint density at radius 3 is 2.94 bits per heavy atom. The van der Waals surface area contributed by atoms with Crippen molar-refractivity contribution in [1.82, 2.24) is 10.2 Å². The number of benzene rings is 1. The van der Waals surface area contributed by atoms with Gasteiger partial charge in [-0.3, -0.25) is 4.79 Å². The number of hydrogen-bond acceptors (Lipinski definition) is 4. The zero-order valence-electron chi connectivity index (χ0n) is 9.72. The predicted molar refractivity (Wildman–Crippen MR) is 63.1 cm³/mol. The molecular formula is C13H12N2O3. The lowest BCUT2D eigenvalue weighted by atomic mass is 10.1. The third-order valence-electron chi connectivity index (χ3n) is 3.11. The van der Waals surface area contributed by atoms with Crippen molar-refractivity contribution in [3.63, 3.8) is 0 Å². The van der Waals surface area contributed by atoms with Gasteiger partial charge in [-0.05, 0) is 42.5 Å². The van der Waals surface area contributed by atoms with Crippen LogP contribution in [0.3, 0.4) is 0 Å². The van der Waals surface area contributed by atoms with E-state index in [1.807, 2.05) is 6.07 Å². The van der Waals surface area contributed by atoms with Gasteiger partial charge in [-0.2, -0.15) is 0 Å². The van der Waals surface area contributed by atoms with Crippen LogP contribution in [0.2, 0.25) is 0 Å². The molecule has 1 aliphatic rings. The molecule has 0 fully saturated rings. The van der Waals surface area contributed by atoms with E-state index in [1.54, 1.807) is 0 Å². The highest BCUT2D eigenvalue weighted by molar-refractivity contribution is 5.68. The van der Waals surface area contributed by atoms with Gasteiger partial charge in [-0.1, -0.05) is 6.07 Å². The van der Waals surface area contributed by atoms with Gasteiger partial charge >= 0.3 is 5.97 Å².